The summed E-state index contributed by atoms with van der Waals surface area (Å²) in [4.78, 5) is 0. The fraction of sp³-hybridized carbons (Fsp3) is 1.00. The number of aliphatic hydroxyl groups is 1. The number of nitrogens with two attached hydrogens (primary N) is 1. The zero-order chi connectivity index (χ0) is 7.49. The lowest BCUT2D eigenvalue weighted by atomic mass is 10.3. The quantitative estimate of drug-likeness (QED) is 0.247. The Balaban J connectivity index is 3.59. The molecule has 3 nitrogen and oxygen atoms in total. The molecule has 1 atom stereocenters. The molecule has 0 saturated carbocycles. The molecule has 0 aliphatic carbocycles. The van der Waals surface area contributed by atoms with Crippen LogP contribution in [0.5, 0.6) is 0 Å². The molecule has 0 aliphatic rings. The highest BCUT2D eigenvalue weighted by Gasteiger charge is 2.19. The van der Waals surface area contributed by atoms with E-state index >= 15 is 0 Å². The van der Waals surface area contributed by atoms with Crippen LogP contribution in [0.3, 0.4) is 0 Å². The van der Waals surface area contributed by atoms with E-state index in [1.54, 1.807) is 14.1 Å². The van der Waals surface area contributed by atoms with Crippen molar-refractivity contribution in [3.05, 3.63) is 0 Å². The van der Waals surface area contributed by atoms with Gasteiger partial charge in [0.25, 0.3) is 0 Å². The van der Waals surface area contributed by atoms with Gasteiger partial charge >= 0.3 is 0 Å². The van der Waals surface area contributed by atoms with E-state index in [9.17, 15) is 5.11 Å². The van der Waals surface area contributed by atoms with Crippen LogP contribution in [-0.2, 0) is 0 Å². The average Bonchev–Trinajstić information content (AvgIpc) is 1.64. The topological polar surface area (TPSA) is 46.2 Å². The van der Waals surface area contributed by atoms with Crippen molar-refractivity contribution in [2.45, 2.75) is 26.0 Å². The van der Waals surface area contributed by atoms with E-state index in [-0.39, 0.29) is 4.59 Å². The highest BCUT2D eigenvalue weighted by atomic mass is 16.3. The van der Waals surface area contributed by atoms with E-state index < -0.39 is 6.23 Å². The molecule has 0 aromatic rings. The van der Waals surface area contributed by atoms with E-state index in [4.69, 9.17) is 5.84 Å². The lowest BCUT2D eigenvalue weighted by Crippen LogP contribution is -2.54. The van der Waals surface area contributed by atoms with E-state index in [2.05, 4.69) is 0 Å². The fourth-order valence-electron chi connectivity index (χ4n) is 0.591. The molecule has 0 spiro atoms. The Morgan fingerprint density at radius 3 is 2.11 bits per heavy atom. The van der Waals surface area contributed by atoms with Crippen molar-refractivity contribution in [2.75, 3.05) is 14.1 Å². The Morgan fingerprint density at radius 2 is 2.00 bits per heavy atom. The second-order valence-electron chi connectivity index (χ2n) is 2.90. The number of aliphatic hydroxyl groups excluding tert-OH is 1. The molecule has 0 heterocycles. The van der Waals surface area contributed by atoms with Gasteiger partial charge in [-0.2, -0.15) is 5.84 Å². The third-order valence-electron chi connectivity index (χ3n) is 1.32. The van der Waals surface area contributed by atoms with Gasteiger partial charge in [0.05, 0.1) is 14.1 Å². The summed E-state index contributed by atoms with van der Waals surface area (Å²) in [6.45, 7) is 2.03. The lowest BCUT2D eigenvalue weighted by molar-refractivity contribution is -0.948. The normalized spacial score (nSPS) is 15.7. The molecule has 0 aromatic carbocycles. The molecule has 0 fully saturated rings. The van der Waals surface area contributed by atoms with Crippen molar-refractivity contribution >= 4 is 0 Å². The van der Waals surface area contributed by atoms with Gasteiger partial charge < -0.3 is 5.11 Å². The number of hydrogen-bond acceptors (Lipinski definition) is 2. The lowest BCUT2D eigenvalue weighted by Gasteiger charge is -2.27. The summed E-state index contributed by atoms with van der Waals surface area (Å²) < 4.78 is 0.147. The molecular weight excluding hydrogens is 116 g/mol. The molecule has 0 rings (SSSR count). The van der Waals surface area contributed by atoms with Gasteiger partial charge in [0.1, 0.15) is 0 Å². The van der Waals surface area contributed by atoms with Gasteiger partial charge in [0, 0.05) is 6.42 Å². The number of hydrogen-bond donors (Lipinski definition) is 2. The molecule has 0 aliphatic heterocycles. The molecule has 0 bridgehead atoms. The molecule has 56 valence electrons. The van der Waals surface area contributed by atoms with Crippen LogP contribution in [0, 0.1) is 0 Å². The van der Waals surface area contributed by atoms with Crippen LogP contribution in [-0.4, -0.2) is 30.0 Å². The van der Waals surface area contributed by atoms with Crippen LogP contribution < -0.4 is 5.84 Å². The molecule has 0 radical (unpaired) electrons. The minimum absolute atomic E-state index is 0.147. The summed E-state index contributed by atoms with van der Waals surface area (Å²) in [5.74, 6) is 5.55. The maximum absolute atomic E-state index is 9.23. The van der Waals surface area contributed by atoms with Crippen LogP contribution >= 0.6 is 0 Å². The monoisotopic (exact) mass is 133 g/mol. The summed E-state index contributed by atoms with van der Waals surface area (Å²) in [6, 6.07) is 0. The van der Waals surface area contributed by atoms with Crippen molar-refractivity contribution in [2.24, 2.45) is 5.84 Å². The summed E-state index contributed by atoms with van der Waals surface area (Å²) in [5.41, 5.74) is 0. The van der Waals surface area contributed by atoms with Crippen molar-refractivity contribution < 1.29 is 9.70 Å². The van der Waals surface area contributed by atoms with Gasteiger partial charge in [-0.15, -0.1) is 0 Å². The SMILES string of the molecule is CCCC(O)[N+](C)(C)N. The van der Waals surface area contributed by atoms with E-state index in [1.165, 1.54) is 0 Å². The molecule has 0 saturated heterocycles. The Hall–Kier alpha value is -0.120. The predicted octanol–water partition coefficient (Wildman–Crippen LogP) is 0.0550. The zero-order valence-electron chi connectivity index (χ0n) is 6.46. The van der Waals surface area contributed by atoms with E-state index in [0.717, 1.165) is 12.8 Å². The Morgan fingerprint density at radius 1 is 1.56 bits per heavy atom. The Kier molecular flexibility index (Phi) is 3.11. The standard InChI is InChI=1S/C6H17N2O/c1-4-5-6(9)8(2,3)7/h6,9H,4-5,7H2,1-3H3/q+1. The van der Waals surface area contributed by atoms with Gasteiger partial charge in [0.15, 0.2) is 0 Å². The van der Waals surface area contributed by atoms with Crippen molar-refractivity contribution in [1.82, 2.24) is 0 Å². The summed E-state index contributed by atoms with van der Waals surface area (Å²) >= 11 is 0. The zero-order valence-corrected chi connectivity index (χ0v) is 6.46. The van der Waals surface area contributed by atoms with Crippen LogP contribution in [0.25, 0.3) is 0 Å². The molecule has 0 aromatic heterocycles. The van der Waals surface area contributed by atoms with Gasteiger partial charge in [0.2, 0.25) is 6.23 Å². The van der Waals surface area contributed by atoms with Crippen LogP contribution in [0.1, 0.15) is 19.8 Å². The fourth-order valence-corrected chi connectivity index (χ4v) is 0.591. The second kappa shape index (κ2) is 3.15. The minimum Gasteiger partial charge on any atom is -0.343 e. The first kappa shape index (κ1) is 8.88. The number of quaternary nitrogens is 1. The van der Waals surface area contributed by atoms with Crippen molar-refractivity contribution in [3.8, 4) is 0 Å². The molecule has 3 N–H and O–H groups in total. The van der Waals surface area contributed by atoms with Crippen molar-refractivity contribution in [1.29, 1.82) is 0 Å². The van der Waals surface area contributed by atoms with E-state index in [0.29, 0.717) is 0 Å². The van der Waals surface area contributed by atoms with Crippen LogP contribution in [0.15, 0.2) is 0 Å². The summed E-state index contributed by atoms with van der Waals surface area (Å²) in [7, 11) is 3.56. The first-order valence-corrected chi connectivity index (χ1v) is 3.28. The predicted molar refractivity (Wildman–Crippen MR) is 37.2 cm³/mol. The Bertz CT molecular complexity index is 77.6. The Labute approximate surface area is 56.6 Å². The van der Waals surface area contributed by atoms with Crippen LogP contribution in [0.4, 0.5) is 0 Å². The summed E-state index contributed by atoms with van der Waals surface area (Å²) in [5, 5.41) is 9.23. The van der Waals surface area contributed by atoms with E-state index in [1.807, 2.05) is 6.92 Å². The molecule has 3 heteroatoms. The molecule has 0 amide bonds. The first-order chi connectivity index (χ1) is 3.98. The van der Waals surface area contributed by atoms with Gasteiger partial charge in [-0.25, -0.2) is 4.59 Å². The van der Waals surface area contributed by atoms with Crippen LogP contribution in [0.2, 0.25) is 0 Å². The highest BCUT2D eigenvalue weighted by molar-refractivity contribution is 4.36. The van der Waals surface area contributed by atoms with Gasteiger partial charge in [-0.1, -0.05) is 6.92 Å². The first-order valence-electron chi connectivity index (χ1n) is 3.28. The summed E-state index contributed by atoms with van der Waals surface area (Å²) in [6.07, 6.45) is 1.32. The van der Waals surface area contributed by atoms with Crippen molar-refractivity contribution in [3.63, 3.8) is 0 Å². The maximum Gasteiger partial charge on any atom is 0.207 e. The molecule has 1 unspecified atom stereocenters. The number of nitrogens with zero attached hydrogens (tertiary/aromatic N) is 1. The highest BCUT2D eigenvalue weighted by Crippen LogP contribution is 2.02. The molecule has 9 heavy (non-hydrogen) atoms. The van der Waals surface area contributed by atoms with Gasteiger partial charge in [-0.3, -0.25) is 0 Å². The maximum atomic E-state index is 9.23. The van der Waals surface area contributed by atoms with Gasteiger partial charge in [-0.05, 0) is 6.42 Å². The third-order valence-corrected chi connectivity index (χ3v) is 1.32. The average molecular weight is 133 g/mol. The largest absolute Gasteiger partial charge is 0.343 e. The second-order valence-corrected chi connectivity index (χ2v) is 2.90. The smallest absolute Gasteiger partial charge is 0.207 e. The minimum atomic E-state index is -0.421. The molecular formula is C6H17N2O+. The third kappa shape index (κ3) is 3.46. The number of rotatable bonds is 3.